The lowest BCUT2D eigenvalue weighted by Gasteiger charge is -2.26. The number of ether oxygens (including phenoxy) is 1. The minimum absolute atomic E-state index is 0.154. The second-order valence-corrected chi connectivity index (χ2v) is 8.02. The molecule has 0 unspecified atom stereocenters. The zero-order valence-corrected chi connectivity index (χ0v) is 17.3. The summed E-state index contributed by atoms with van der Waals surface area (Å²) in [4.78, 5) is 28.0. The van der Waals surface area contributed by atoms with E-state index in [0.717, 1.165) is 16.1 Å². The second-order valence-electron chi connectivity index (χ2n) is 6.92. The Bertz CT molecular complexity index is 1170. The number of nitrogens with zero attached hydrogens (tertiary/aromatic N) is 3. The largest absolute Gasteiger partial charge is 0.497 e. The Morgan fingerprint density at radius 3 is 2.90 bits per heavy atom. The number of nitrogens with one attached hydrogen (secondary N) is 2. The first kappa shape index (κ1) is 19.7. The van der Waals surface area contributed by atoms with Gasteiger partial charge in [0, 0.05) is 22.7 Å². The van der Waals surface area contributed by atoms with Crippen LogP contribution in [0.25, 0.3) is 0 Å². The fourth-order valence-electron chi connectivity index (χ4n) is 3.41. The zero-order valence-electron chi connectivity index (χ0n) is 16.5. The predicted molar refractivity (Wildman–Crippen MR) is 112 cm³/mol. The van der Waals surface area contributed by atoms with Crippen molar-refractivity contribution in [3.05, 3.63) is 63.3 Å². The lowest BCUT2D eigenvalue weighted by Crippen LogP contribution is -2.35. The van der Waals surface area contributed by atoms with Crippen LogP contribution in [0.2, 0.25) is 0 Å². The highest BCUT2D eigenvalue weighted by atomic mass is 32.1. The number of benzene rings is 1. The van der Waals surface area contributed by atoms with Crippen LogP contribution in [0, 0.1) is 18.3 Å². The number of fused-ring (bicyclic) bond motifs is 1. The third-order valence-corrected chi connectivity index (χ3v) is 6.07. The first-order chi connectivity index (χ1) is 14.5. The van der Waals surface area contributed by atoms with E-state index in [0.29, 0.717) is 47.1 Å². The number of rotatable bonds is 4. The van der Waals surface area contributed by atoms with Crippen LogP contribution >= 0.6 is 11.3 Å². The maximum absolute atomic E-state index is 12.7. The maximum atomic E-state index is 12.7. The normalized spacial score (nSPS) is 12.8. The van der Waals surface area contributed by atoms with Gasteiger partial charge >= 0.3 is 0 Å². The van der Waals surface area contributed by atoms with Crippen LogP contribution in [0.3, 0.4) is 0 Å². The molecule has 1 aliphatic heterocycles. The molecule has 4 rings (SSSR count). The minimum atomic E-state index is -0.316. The molecule has 0 spiro atoms. The van der Waals surface area contributed by atoms with Crippen LogP contribution in [0.1, 0.15) is 42.5 Å². The van der Waals surface area contributed by atoms with E-state index in [1.807, 2.05) is 6.92 Å². The number of anilines is 1. The van der Waals surface area contributed by atoms with Gasteiger partial charge in [0.15, 0.2) is 0 Å². The number of H-pyrrole nitrogens is 1. The van der Waals surface area contributed by atoms with Crippen molar-refractivity contribution in [2.75, 3.05) is 19.0 Å². The number of aromatic nitrogens is 2. The second kappa shape index (κ2) is 8.00. The zero-order chi connectivity index (χ0) is 21.3. The Morgan fingerprint density at radius 1 is 1.37 bits per heavy atom. The molecular weight excluding hydrogens is 402 g/mol. The van der Waals surface area contributed by atoms with Crippen molar-refractivity contribution in [3.63, 3.8) is 0 Å². The number of nitriles is 1. The first-order valence-corrected chi connectivity index (χ1v) is 10.1. The molecule has 0 radical (unpaired) electrons. The smallest absolute Gasteiger partial charge is 0.274 e. The lowest BCUT2D eigenvalue weighted by atomic mass is 10.0. The van der Waals surface area contributed by atoms with Crippen LogP contribution in [0.15, 0.2) is 30.3 Å². The van der Waals surface area contributed by atoms with E-state index in [-0.39, 0.29) is 11.8 Å². The molecule has 0 aliphatic carbocycles. The standard InChI is InChI=1S/C21H19N5O3S/c1-12-8-17(25-24-12)21(28)26-7-6-15-16(10-22)20(30-18(15)11-26)23-19(27)13-4-3-5-14(9-13)29-2/h3-5,8-9H,6-7,11H2,1-2H3,(H,23,27)(H,24,25). The van der Waals surface area contributed by atoms with Crippen molar-refractivity contribution >= 4 is 28.2 Å². The molecule has 0 saturated carbocycles. The summed E-state index contributed by atoms with van der Waals surface area (Å²) in [5.74, 6) is 0.110. The van der Waals surface area contributed by atoms with Crippen LogP contribution in [-0.4, -0.2) is 40.6 Å². The molecule has 2 aromatic heterocycles. The third-order valence-electron chi connectivity index (χ3n) is 4.94. The number of thiophene rings is 1. The summed E-state index contributed by atoms with van der Waals surface area (Å²) in [6.07, 6.45) is 0.554. The van der Waals surface area contributed by atoms with Crippen molar-refractivity contribution in [3.8, 4) is 11.8 Å². The fourth-order valence-corrected chi connectivity index (χ4v) is 4.62. The molecular formula is C21H19N5O3S. The number of hydrogen-bond acceptors (Lipinski definition) is 6. The van der Waals surface area contributed by atoms with Gasteiger partial charge in [-0.25, -0.2) is 0 Å². The van der Waals surface area contributed by atoms with Gasteiger partial charge in [-0.3, -0.25) is 14.7 Å². The molecule has 2 amide bonds. The molecule has 2 N–H and O–H groups in total. The summed E-state index contributed by atoms with van der Waals surface area (Å²) >= 11 is 1.33. The van der Waals surface area contributed by atoms with Gasteiger partial charge in [0.05, 0.1) is 19.2 Å². The lowest BCUT2D eigenvalue weighted by molar-refractivity contribution is 0.0731. The third kappa shape index (κ3) is 3.65. The molecule has 1 aromatic carbocycles. The summed E-state index contributed by atoms with van der Waals surface area (Å²) in [7, 11) is 1.54. The minimum Gasteiger partial charge on any atom is -0.497 e. The van der Waals surface area contributed by atoms with Crippen LogP contribution in [-0.2, 0) is 13.0 Å². The van der Waals surface area contributed by atoms with Crippen LogP contribution in [0.4, 0.5) is 5.00 Å². The van der Waals surface area contributed by atoms with Gasteiger partial charge < -0.3 is 15.0 Å². The summed E-state index contributed by atoms with van der Waals surface area (Å²) in [5.41, 5.74) is 3.00. The molecule has 3 aromatic rings. The molecule has 0 bridgehead atoms. The van der Waals surface area contributed by atoms with Crippen molar-refractivity contribution in [1.82, 2.24) is 15.1 Å². The number of aryl methyl sites for hydroxylation is 1. The van der Waals surface area contributed by atoms with Gasteiger partial charge in [0.1, 0.15) is 22.5 Å². The van der Waals surface area contributed by atoms with Gasteiger partial charge in [0.25, 0.3) is 11.8 Å². The molecule has 8 nitrogen and oxygen atoms in total. The number of amides is 2. The fraction of sp³-hybridized carbons (Fsp3) is 0.238. The molecule has 1 aliphatic rings. The van der Waals surface area contributed by atoms with Gasteiger partial charge in [-0.15, -0.1) is 11.3 Å². The average Bonchev–Trinajstić information content (AvgIpc) is 3.35. The monoisotopic (exact) mass is 421 g/mol. The van der Waals surface area contributed by atoms with Crippen LogP contribution < -0.4 is 10.1 Å². The number of hydrogen-bond donors (Lipinski definition) is 2. The Morgan fingerprint density at radius 2 is 2.20 bits per heavy atom. The quantitative estimate of drug-likeness (QED) is 0.672. The predicted octanol–water partition coefficient (Wildman–Crippen LogP) is 3.11. The molecule has 3 heterocycles. The molecule has 0 fully saturated rings. The topological polar surface area (TPSA) is 111 Å². The molecule has 30 heavy (non-hydrogen) atoms. The van der Waals surface area contributed by atoms with E-state index in [1.165, 1.54) is 18.4 Å². The van der Waals surface area contributed by atoms with E-state index < -0.39 is 0 Å². The Balaban J connectivity index is 1.56. The Labute approximate surface area is 177 Å². The Kier molecular flexibility index (Phi) is 5.25. The first-order valence-electron chi connectivity index (χ1n) is 9.31. The van der Waals surface area contributed by atoms with Crippen molar-refractivity contribution < 1.29 is 14.3 Å². The molecule has 0 saturated heterocycles. The van der Waals surface area contributed by atoms with Crippen LogP contribution in [0.5, 0.6) is 5.75 Å². The summed E-state index contributed by atoms with van der Waals surface area (Å²) in [5, 5.41) is 19.8. The highest BCUT2D eigenvalue weighted by Crippen LogP contribution is 2.37. The highest BCUT2D eigenvalue weighted by molar-refractivity contribution is 7.16. The van der Waals surface area contributed by atoms with Gasteiger partial charge in [0.2, 0.25) is 0 Å². The van der Waals surface area contributed by atoms with E-state index in [9.17, 15) is 14.9 Å². The van der Waals surface area contributed by atoms with E-state index in [2.05, 4.69) is 21.6 Å². The number of carbonyl (C=O) groups is 2. The van der Waals surface area contributed by atoms with Crippen molar-refractivity contribution in [1.29, 1.82) is 5.26 Å². The SMILES string of the molecule is COc1cccc(C(=O)Nc2sc3c(c2C#N)CCN(C(=O)c2cc(C)[nH]n2)C3)c1. The van der Waals surface area contributed by atoms with Gasteiger partial charge in [-0.05, 0) is 43.2 Å². The van der Waals surface area contributed by atoms with E-state index in [4.69, 9.17) is 4.74 Å². The Hall–Kier alpha value is -3.64. The van der Waals surface area contributed by atoms with Gasteiger partial charge in [-0.2, -0.15) is 10.4 Å². The summed E-state index contributed by atoms with van der Waals surface area (Å²) in [6.45, 7) is 2.72. The highest BCUT2D eigenvalue weighted by Gasteiger charge is 2.29. The van der Waals surface area contributed by atoms with E-state index in [1.54, 1.807) is 35.2 Å². The van der Waals surface area contributed by atoms with Crippen molar-refractivity contribution in [2.24, 2.45) is 0 Å². The van der Waals surface area contributed by atoms with Crippen molar-refractivity contribution in [2.45, 2.75) is 19.9 Å². The summed E-state index contributed by atoms with van der Waals surface area (Å²) in [6, 6.07) is 10.7. The number of methoxy groups -OCH3 is 1. The van der Waals surface area contributed by atoms with Gasteiger partial charge in [-0.1, -0.05) is 6.07 Å². The molecule has 0 atom stereocenters. The molecule has 152 valence electrons. The number of aromatic amines is 1. The number of carbonyl (C=O) groups excluding carboxylic acids is 2. The maximum Gasteiger partial charge on any atom is 0.274 e. The van der Waals surface area contributed by atoms with E-state index >= 15 is 0 Å². The summed E-state index contributed by atoms with van der Waals surface area (Å²) < 4.78 is 5.16. The molecule has 9 heteroatoms. The average molecular weight is 421 g/mol.